The minimum absolute atomic E-state index is 0.377. The standard InChI is InChI=1S/C16H19N3/c1-3-5-18-10-12(2)14-7-15(9-16(17)8-14)13-4-6-19-11-13/h3-10,13,19H,2,11,17H2,1H3/b5-3-,18-10?. The molecule has 19 heavy (non-hydrogen) atoms. The molecule has 2 rings (SSSR count). The van der Waals surface area contributed by atoms with E-state index in [-0.39, 0.29) is 0 Å². The summed E-state index contributed by atoms with van der Waals surface area (Å²) in [6.07, 6.45) is 9.50. The first kappa shape index (κ1) is 13.1. The lowest BCUT2D eigenvalue weighted by molar-refractivity contribution is 0.814. The summed E-state index contributed by atoms with van der Waals surface area (Å²) in [6.45, 7) is 6.88. The van der Waals surface area contributed by atoms with E-state index in [0.29, 0.717) is 5.92 Å². The maximum absolute atomic E-state index is 5.98. The van der Waals surface area contributed by atoms with Crippen molar-refractivity contribution in [2.75, 3.05) is 12.3 Å². The molecule has 3 nitrogen and oxygen atoms in total. The Balaban J connectivity index is 2.25. The van der Waals surface area contributed by atoms with Gasteiger partial charge in [-0.25, -0.2) is 0 Å². The van der Waals surface area contributed by atoms with E-state index >= 15 is 0 Å². The Morgan fingerprint density at radius 1 is 1.47 bits per heavy atom. The molecule has 0 amide bonds. The zero-order valence-electron chi connectivity index (χ0n) is 11.1. The van der Waals surface area contributed by atoms with Gasteiger partial charge in [-0.2, -0.15) is 0 Å². The summed E-state index contributed by atoms with van der Waals surface area (Å²) in [7, 11) is 0. The van der Waals surface area contributed by atoms with Crippen molar-refractivity contribution >= 4 is 17.5 Å². The van der Waals surface area contributed by atoms with Gasteiger partial charge in [0.15, 0.2) is 0 Å². The van der Waals surface area contributed by atoms with Gasteiger partial charge in [0, 0.05) is 30.6 Å². The molecule has 1 atom stereocenters. The number of benzene rings is 1. The first-order valence-corrected chi connectivity index (χ1v) is 6.35. The van der Waals surface area contributed by atoms with Crippen LogP contribution in [0.25, 0.3) is 5.57 Å². The second-order valence-electron chi connectivity index (χ2n) is 4.55. The number of nitrogens with zero attached hydrogens (tertiary/aromatic N) is 1. The quantitative estimate of drug-likeness (QED) is 0.640. The molecule has 1 aliphatic rings. The largest absolute Gasteiger partial charge is 0.399 e. The first-order valence-electron chi connectivity index (χ1n) is 6.35. The van der Waals surface area contributed by atoms with Crippen LogP contribution in [0.4, 0.5) is 5.69 Å². The number of nitrogens with two attached hydrogens (primary N) is 1. The molecule has 0 saturated heterocycles. The Hall–Kier alpha value is -2.29. The van der Waals surface area contributed by atoms with Gasteiger partial charge in [0.25, 0.3) is 0 Å². The van der Waals surface area contributed by atoms with Crippen LogP contribution in [0, 0.1) is 0 Å². The van der Waals surface area contributed by atoms with E-state index in [0.717, 1.165) is 23.4 Å². The van der Waals surface area contributed by atoms with Crippen LogP contribution in [0.5, 0.6) is 0 Å². The van der Waals surface area contributed by atoms with Gasteiger partial charge in [0.1, 0.15) is 0 Å². The number of hydrogen-bond donors (Lipinski definition) is 2. The van der Waals surface area contributed by atoms with E-state index in [1.165, 1.54) is 5.56 Å². The Morgan fingerprint density at radius 2 is 2.32 bits per heavy atom. The lowest BCUT2D eigenvalue weighted by atomic mass is 9.95. The molecule has 3 N–H and O–H groups in total. The van der Waals surface area contributed by atoms with E-state index in [1.54, 1.807) is 12.4 Å². The molecule has 3 heteroatoms. The average Bonchev–Trinajstić information content (AvgIpc) is 2.92. The van der Waals surface area contributed by atoms with Crippen molar-refractivity contribution in [2.45, 2.75) is 12.8 Å². The molecule has 0 radical (unpaired) electrons. The molecule has 98 valence electrons. The summed E-state index contributed by atoms with van der Waals surface area (Å²) < 4.78 is 0. The van der Waals surface area contributed by atoms with Crippen molar-refractivity contribution in [2.24, 2.45) is 4.99 Å². The third kappa shape index (κ3) is 3.35. The molecular formula is C16H19N3. The van der Waals surface area contributed by atoms with E-state index in [1.807, 2.05) is 31.3 Å². The maximum Gasteiger partial charge on any atom is 0.0340 e. The van der Waals surface area contributed by atoms with Gasteiger partial charge < -0.3 is 11.1 Å². The second kappa shape index (κ2) is 6.05. The highest BCUT2D eigenvalue weighted by Crippen LogP contribution is 2.25. The highest BCUT2D eigenvalue weighted by Gasteiger charge is 2.13. The predicted octanol–water partition coefficient (Wildman–Crippen LogP) is 3.09. The number of aliphatic imine (C=N–C) groups is 1. The fraction of sp³-hybridized carbons (Fsp3) is 0.188. The summed E-state index contributed by atoms with van der Waals surface area (Å²) in [4.78, 5) is 4.15. The number of hydrogen-bond acceptors (Lipinski definition) is 3. The first-order chi connectivity index (χ1) is 9.20. The molecule has 0 spiro atoms. The van der Waals surface area contributed by atoms with Gasteiger partial charge in [-0.05, 0) is 42.0 Å². The molecule has 1 aromatic rings. The van der Waals surface area contributed by atoms with Gasteiger partial charge in [0.2, 0.25) is 0 Å². The molecule has 0 aromatic heterocycles. The number of allylic oxidation sites excluding steroid dienone is 2. The lowest BCUT2D eigenvalue weighted by Crippen LogP contribution is -2.08. The monoisotopic (exact) mass is 253 g/mol. The van der Waals surface area contributed by atoms with Gasteiger partial charge in [-0.3, -0.25) is 4.99 Å². The zero-order valence-corrected chi connectivity index (χ0v) is 11.1. The predicted molar refractivity (Wildman–Crippen MR) is 83.1 cm³/mol. The SMILES string of the molecule is C=C(C=N/C=C\C)c1cc(N)cc(C2C=CNC2)c1. The third-order valence-electron chi connectivity index (χ3n) is 3.03. The van der Waals surface area contributed by atoms with Gasteiger partial charge in [-0.1, -0.05) is 24.8 Å². The normalized spacial score (nSPS) is 18.3. The lowest BCUT2D eigenvalue weighted by Gasteiger charge is -2.11. The van der Waals surface area contributed by atoms with Crippen molar-refractivity contribution in [3.63, 3.8) is 0 Å². The van der Waals surface area contributed by atoms with Crippen LogP contribution in [-0.2, 0) is 0 Å². The highest BCUT2D eigenvalue weighted by atomic mass is 14.9. The molecular weight excluding hydrogens is 234 g/mol. The van der Waals surface area contributed by atoms with Crippen LogP contribution in [0.3, 0.4) is 0 Å². The van der Waals surface area contributed by atoms with Crippen LogP contribution in [0.2, 0.25) is 0 Å². The fourth-order valence-corrected chi connectivity index (χ4v) is 2.05. The molecule has 1 heterocycles. The molecule has 0 fully saturated rings. The molecule has 0 saturated carbocycles. The Labute approximate surface area is 114 Å². The van der Waals surface area contributed by atoms with Gasteiger partial charge in [-0.15, -0.1) is 0 Å². The number of anilines is 1. The number of rotatable bonds is 4. The molecule has 1 aromatic carbocycles. The summed E-state index contributed by atoms with van der Waals surface area (Å²) in [5.41, 5.74) is 9.82. The van der Waals surface area contributed by atoms with E-state index in [9.17, 15) is 0 Å². The van der Waals surface area contributed by atoms with Crippen LogP contribution in [0.15, 0.2) is 54.3 Å². The Bertz CT molecular complexity index is 553. The van der Waals surface area contributed by atoms with Crippen LogP contribution in [0.1, 0.15) is 24.0 Å². The van der Waals surface area contributed by atoms with Gasteiger partial charge >= 0.3 is 0 Å². The highest BCUT2D eigenvalue weighted by molar-refractivity contribution is 6.09. The summed E-state index contributed by atoms with van der Waals surface area (Å²) in [5.74, 6) is 0.377. The average molecular weight is 253 g/mol. The topological polar surface area (TPSA) is 50.4 Å². The van der Waals surface area contributed by atoms with Crippen molar-refractivity contribution in [1.29, 1.82) is 0 Å². The van der Waals surface area contributed by atoms with E-state index in [4.69, 9.17) is 5.73 Å². The molecule has 0 bridgehead atoms. The number of nitrogen functional groups attached to an aromatic ring is 1. The minimum Gasteiger partial charge on any atom is -0.399 e. The van der Waals surface area contributed by atoms with Crippen LogP contribution >= 0.6 is 0 Å². The van der Waals surface area contributed by atoms with E-state index in [2.05, 4.69) is 29.0 Å². The zero-order chi connectivity index (χ0) is 13.7. The summed E-state index contributed by atoms with van der Waals surface area (Å²) >= 11 is 0. The fourth-order valence-electron chi connectivity index (χ4n) is 2.05. The number of nitrogens with one attached hydrogen (secondary N) is 1. The molecule has 0 aliphatic carbocycles. The molecule has 1 aliphatic heterocycles. The van der Waals surface area contributed by atoms with Crippen molar-refractivity contribution < 1.29 is 0 Å². The van der Waals surface area contributed by atoms with E-state index < -0.39 is 0 Å². The smallest absolute Gasteiger partial charge is 0.0340 e. The van der Waals surface area contributed by atoms with Gasteiger partial charge in [0.05, 0.1) is 0 Å². The van der Waals surface area contributed by atoms with Crippen molar-refractivity contribution in [3.8, 4) is 0 Å². The molecule has 1 unspecified atom stereocenters. The summed E-state index contributed by atoms with van der Waals surface area (Å²) in [5, 5.41) is 3.20. The van der Waals surface area contributed by atoms with Crippen molar-refractivity contribution in [3.05, 3.63) is 60.5 Å². The van der Waals surface area contributed by atoms with Crippen molar-refractivity contribution in [1.82, 2.24) is 5.32 Å². The Morgan fingerprint density at radius 3 is 3.00 bits per heavy atom. The maximum atomic E-state index is 5.98. The van der Waals surface area contributed by atoms with Crippen LogP contribution in [-0.4, -0.2) is 12.8 Å². The third-order valence-corrected chi connectivity index (χ3v) is 3.03. The second-order valence-corrected chi connectivity index (χ2v) is 4.55. The minimum atomic E-state index is 0.377. The summed E-state index contributed by atoms with van der Waals surface area (Å²) in [6, 6.07) is 6.07. The Kier molecular flexibility index (Phi) is 4.18. The van der Waals surface area contributed by atoms with Crippen LogP contribution < -0.4 is 11.1 Å².